The van der Waals surface area contributed by atoms with Crippen LogP contribution in [-0.2, 0) is 11.2 Å². The van der Waals surface area contributed by atoms with Gasteiger partial charge in [-0.1, -0.05) is 19.0 Å². The fourth-order valence-corrected chi connectivity index (χ4v) is 5.12. The van der Waals surface area contributed by atoms with Gasteiger partial charge in [0.05, 0.1) is 11.7 Å². The molecule has 0 bridgehead atoms. The van der Waals surface area contributed by atoms with Gasteiger partial charge in [0.15, 0.2) is 5.82 Å². The smallest absolute Gasteiger partial charge is 0.234 e. The van der Waals surface area contributed by atoms with Gasteiger partial charge in [0.1, 0.15) is 5.78 Å². The summed E-state index contributed by atoms with van der Waals surface area (Å²) in [5, 5.41) is 4.94. The normalized spacial score (nSPS) is 23.5. The summed E-state index contributed by atoms with van der Waals surface area (Å²) >= 11 is 3.89. The topological polar surface area (TPSA) is 56.0 Å². The quantitative estimate of drug-likeness (QED) is 0.803. The van der Waals surface area contributed by atoms with Crippen molar-refractivity contribution in [1.29, 1.82) is 0 Å². The molecule has 1 aromatic rings. The van der Waals surface area contributed by atoms with Gasteiger partial charge in [-0.3, -0.25) is 4.79 Å². The van der Waals surface area contributed by atoms with Gasteiger partial charge in [-0.15, -0.1) is 11.8 Å². The lowest BCUT2D eigenvalue weighted by molar-refractivity contribution is -0.118. The van der Waals surface area contributed by atoms with E-state index in [-0.39, 0.29) is 12.2 Å². The van der Waals surface area contributed by atoms with E-state index in [9.17, 15) is 4.79 Å². The molecule has 19 heavy (non-hydrogen) atoms. The largest absolute Gasteiger partial charge is 0.339 e. The van der Waals surface area contributed by atoms with Crippen LogP contribution in [0.1, 0.15) is 50.1 Å². The van der Waals surface area contributed by atoms with E-state index >= 15 is 0 Å². The first-order chi connectivity index (χ1) is 9.24. The van der Waals surface area contributed by atoms with Crippen LogP contribution in [0.5, 0.6) is 0 Å². The average molecular weight is 300 g/mol. The number of carbonyl (C=O) groups is 1. The third-order valence-corrected chi connectivity index (χ3v) is 6.31. The zero-order valence-corrected chi connectivity index (χ0v) is 13.1. The molecule has 106 valence electrons. The Balaban J connectivity index is 2.01. The van der Waals surface area contributed by atoms with E-state index in [1.165, 1.54) is 5.75 Å². The summed E-state index contributed by atoms with van der Waals surface area (Å²) in [6.07, 6.45) is 2.85. The molecule has 1 aliphatic heterocycles. The lowest BCUT2D eigenvalue weighted by Gasteiger charge is -2.27. The predicted molar refractivity (Wildman–Crippen MR) is 79.7 cm³/mol. The number of ketones is 1. The van der Waals surface area contributed by atoms with Crippen LogP contribution in [-0.4, -0.2) is 32.7 Å². The maximum Gasteiger partial charge on any atom is 0.234 e. The number of aromatic nitrogens is 2. The van der Waals surface area contributed by atoms with E-state index in [1.807, 2.05) is 30.4 Å². The highest BCUT2D eigenvalue weighted by Crippen LogP contribution is 2.42. The number of carbonyl (C=O) groups excluding carboxylic acids is 1. The molecule has 1 aromatic heterocycles. The van der Waals surface area contributed by atoms with Gasteiger partial charge < -0.3 is 4.52 Å². The number of rotatable bonds is 6. The molecule has 0 saturated carbocycles. The second-order valence-electron chi connectivity index (χ2n) is 4.62. The third-order valence-electron chi connectivity index (χ3n) is 3.07. The standard InChI is InChI=1S/C13H20N2O2S2/c1-3-5-9(16)8-11-14-13(15-17-11)12-10(4-2)18-6-7-19-12/h10,12H,3-8H2,1-2H3. The van der Waals surface area contributed by atoms with Crippen LogP contribution in [0.4, 0.5) is 0 Å². The van der Waals surface area contributed by atoms with Crippen molar-refractivity contribution in [2.75, 3.05) is 11.5 Å². The summed E-state index contributed by atoms with van der Waals surface area (Å²) in [5.41, 5.74) is 0. The van der Waals surface area contributed by atoms with Crippen molar-refractivity contribution < 1.29 is 9.32 Å². The minimum absolute atomic E-state index is 0.176. The Kier molecular flexibility index (Phi) is 5.76. The summed E-state index contributed by atoms with van der Waals surface area (Å²) in [7, 11) is 0. The highest BCUT2D eigenvalue weighted by Gasteiger charge is 2.30. The fraction of sp³-hybridized carbons (Fsp3) is 0.769. The molecule has 1 fully saturated rings. The van der Waals surface area contributed by atoms with Gasteiger partial charge in [-0.25, -0.2) is 0 Å². The van der Waals surface area contributed by atoms with Gasteiger partial charge in [0.2, 0.25) is 5.89 Å². The van der Waals surface area contributed by atoms with Crippen molar-refractivity contribution >= 4 is 29.3 Å². The summed E-state index contributed by atoms with van der Waals surface area (Å²) in [6, 6.07) is 0. The van der Waals surface area contributed by atoms with Gasteiger partial charge >= 0.3 is 0 Å². The fourth-order valence-electron chi connectivity index (χ4n) is 2.13. The minimum Gasteiger partial charge on any atom is -0.339 e. The summed E-state index contributed by atoms with van der Waals surface area (Å²) in [5.74, 6) is 3.74. The summed E-state index contributed by atoms with van der Waals surface area (Å²) in [4.78, 5) is 16.0. The van der Waals surface area contributed by atoms with E-state index in [0.29, 0.717) is 22.8 Å². The third kappa shape index (κ3) is 3.99. The number of thioether (sulfide) groups is 2. The van der Waals surface area contributed by atoms with Crippen LogP contribution >= 0.6 is 23.5 Å². The van der Waals surface area contributed by atoms with Crippen LogP contribution in [0.2, 0.25) is 0 Å². The zero-order valence-electron chi connectivity index (χ0n) is 11.4. The van der Waals surface area contributed by atoms with E-state index in [2.05, 4.69) is 17.1 Å². The molecule has 0 radical (unpaired) electrons. The number of nitrogens with zero attached hydrogens (tertiary/aromatic N) is 2. The Hall–Kier alpha value is -0.490. The molecule has 2 atom stereocenters. The zero-order chi connectivity index (χ0) is 13.7. The molecule has 0 spiro atoms. The van der Waals surface area contributed by atoms with E-state index in [0.717, 1.165) is 24.4 Å². The Morgan fingerprint density at radius 1 is 1.37 bits per heavy atom. The number of hydrogen-bond acceptors (Lipinski definition) is 6. The van der Waals surface area contributed by atoms with Crippen LogP contribution in [0, 0.1) is 0 Å². The molecule has 6 heteroatoms. The van der Waals surface area contributed by atoms with Crippen LogP contribution in [0.15, 0.2) is 4.52 Å². The Morgan fingerprint density at radius 2 is 2.16 bits per heavy atom. The first-order valence-electron chi connectivity index (χ1n) is 6.82. The van der Waals surface area contributed by atoms with E-state index in [4.69, 9.17) is 4.52 Å². The predicted octanol–water partition coefficient (Wildman–Crippen LogP) is 3.28. The summed E-state index contributed by atoms with van der Waals surface area (Å²) in [6.45, 7) is 4.20. The van der Waals surface area contributed by atoms with Gasteiger partial charge in [0, 0.05) is 23.2 Å². The number of hydrogen-bond donors (Lipinski definition) is 0. The molecule has 1 saturated heterocycles. The first-order valence-corrected chi connectivity index (χ1v) is 8.91. The molecule has 2 heterocycles. The molecule has 2 unspecified atom stereocenters. The van der Waals surface area contributed by atoms with Crippen molar-refractivity contribution in [2.45, 2.75) is 50.0 Å². The van der Waals surface area contributed by atoms with Crippen LogP contribution < -0.4 is 0 Å². The lowest BCUT2D eigenvalue weighted by atomic mass is 10.2. The van der Waals surface area contributed by atoms with Gasteiger partial charge in [0.25, 0.3) is 0 Å². The monoisotopic (exact) mass is 300 g/mol. The van der Waals surface area contributed by atoms with Crippen molar-refractivity contribution in [3.8, 4) is 0 Å². The molecule has 1 aliphatic rings. The second-order valence-corrected chi connectivity index (χ2v) is 7.22. The number of Topliss-reactive ketones (excluding diaryl/α,β-unsaturated/α-hetero) is 1. The lowest BCUT2D eigenvalue weighted by Crippen LogP contribution is -2.19. The Bertz CT molecular complexity index is 423. The molecule has 0 amide bonds. The molecule has 0 aromatic carbocycles. The minimum atomic E-state index is 0.176. The van der Waals surface area contributed by atoms with E-state index < -0.39 is 0 Å². The van der Waals surface area contributed by atoms with E-state index in [1.54, 1.807) is 0 Å². The van der Waals surface area contributed by atoms with Crippen LogP contribution in [0.25, 0.3) is 0 Å². The Labute approximate surface area is 122 Å². The molecule has 0 aliphatic carbocycles. The van der Waals surface area contributed by atoms with Crippen molar-refractivity contribution in [3.63, 3.8) is 0 Å². The molecule has 0 N–H and O–H groups in total. The molecule has 4 nitrogen and oxygen atoms in total. The highest BCUT2D eigenvalue weighted by molar-refractivity contribution is 8.06. The maximum atomic E-state index is 11.6. The van der Waals surface area contributed by atoms with Crippen molar-refractivity contribution in [1.82, 2.24) is 10.1 Å². The molecular formula is C13H20N2O2S2. The second kappa shape index (κ2) is 7.33. The molecule has 2 rings (SSSR count). The average Bonchev–Trinajstić information content (AvgIpc) is 2.87. The summed E-state index contributed by atoms with van der Waals surface area (Å²) < 4.78 is 5.22. The molecular weight excluding hydrogens is 280 g/mol. The SMILES string of the molecule is CCCC(=O)Cc1nc(C2SCCSC2CC)no1. The van der Waals surface area contributed by atoms with Crippen molar-refractivity contribution in [3.05, 3.63) is 11.7 Å². The highest BCUT2D eigenvalue weighted by atomic mass is 32.2. The van der Waals surface area contributed by atoms with Crippen molar-refractivity contribution in [2.24, 2.45) is 0 Å². The first kappa shape index (κ1) is 14.9. The Morgan fingerprint density at radius 3 is 2.89 bits per heavy atom. The van der Waals surface area contributed by atoms with Gasteiger partial charge in [-0.05, 0) is 12.8 Å². The van der Waals surface area contributed by atoms with Gasteiger partial charge in [-0.2, -0.15) is 16.7 Å². The van der Waals surface area contributed by atoms with Crippen LogP contribution in [0.3, 0.4) is 0 Å². The maximum absolute atomic E-state index is 11.6.